The highest BCUT2D eigenvalue weighted by molar-refractivity contribution is 5.74. The zero-order valence-corrected chi connectivity index (χ0v) is 16.2. The van der Waals surface area contributed by atoms with Gasteiger partial charge in [0.05, 0.1) is 6.04 Å². The number of carbonyl (C=O) groups excluding carboxylic acids is 1. The zero-order valence-electron chi connectivity index (χ0n) is 16.2. The molecule has 1 atom stereocenters. The third-order valence-corrected chi connectivity index (χ3v) is 5.58. The fourth-order valence-electron chi connectivity index (χ4n) is 4.05. The second-order valence-corrected chi connectivity index (χ2v) is 7.42. The second kappa shape index (κ2) is 9.01. The lowest BCUT2D eigenvalue weighted by Crippen LogP contribution is -2.47. The van der Waals surface area contributed by atoms with E-state index in [1.807, 2.05) is 12.1 Å². The first kappa shape index (κ1) is 18.7. The van der Waals surface area contributed by atoms with Crippen molar-refractivity contribution in [3.63, 3.8) is 0 Å². The number of nitrogens with one attached hydrogen (secondary N) is 2. The molecule has 0 spiro atoms. The van der Waals surface area contributed by atoms with Gasteiger partial charge in [0.25, 0.3) is 0 Å². The van der Waals surface area contributed by atoms with Gasteiger partial charge in [0.15, 0.2) is 0 Å². The molecule has 28 heavy (non-hydrogen) atoms. The van der Waals surface area contributed by atoms with Gasteiger partial charge in [-0.25, -0.2) is 14.8 Å². The number of nitrogens with zero attached hydrogens (tertiary/aromatic N) is 4. The van der Waals surface area contributed by atoms with Crippen LogP contribution in [0.5, 0.6) is 0 Å². The number of carbonyl (C=O) groups is 1. The third kappa shape index (κ3) is 4.59. The molecule has 0 radical (unpaired) electrons. The van der Waals surface area contributed by atoms with Crippen LogP contribution < -0.4 is 15.5 Å². The molecule has 0 bridgehead atoms. The molecule has 1 fully saturated rings. The number of benzene rings is 1. The number of piperazine rings is 1. The van der Waals surface area contributed by atoms with E-state index in [-0.39, 0.29) is 12.1 Å². The van der Waals surface area contributed by atoms with E-state index >= 15 is 0 Å². The normalized spacial score (nSPS) is 19.3. The second-order valence-electron chi connectivity index (χ2n) is 7.42. The van der Waals surface area contributed by atoms with Crippen molar-refractivity contribution in [1.82, 2.24) is 25.5 Å². The molecule has 1 unspecified atom stereocenters. The number of aromatic nitrogens is 2. The Morgan fingerprint density at radius 3 is 2.68 bits per heavy atom. The first-order chi connectivity index (χ1) is 13.8. The Morgan fingerprint density at radius 1 is 1.07 bits per heavy atom. The summed E-state index contributed by atoms with van der Waals surface area (Å²) in [4.78, 5) is 25.5. The van der Waals surface area contributed by atoms with Crippen molar-refractivity contribution in [3.05, 3.63) is 53.9 Å². The smallest absolute Gasteiger partial charge is 0.315 e. The van der Waals surface area contributed by atoms with Crippen LogP contribution in [0.1, 0.15) is 30.0 Å². The number of hydrogen-bond donors (Lipinski definition) is 2. The molecule has 1 aromatic heterocycles. The van der Waals surface area contributed by atoms with Crippen LogP contribution in [0.25, 0.3) is 0 Å². The van der Waals surface area contributed by atoms with Crippen LogP contribution in [0.15, 0.2) is 42.7 Å². The summed E-state index contributed by atoms with van der Waals surface area (Å²) in [6.07, 6.45) is 6.56. The van der Waals surface area contributed by atoms with Crippen molar-refractivity contribution in [3.8, 4) is 0 Å². The maximum absolute atomic E-state index is 12.2. The van der Waals surface area contributed by atoms with Gasteiger partial charge in [-0.3, -0.25) is 4.90 Å². The monoisotopic (exact) mass is 380 g/mol. The standard InChI is InChI=1S/C21H28N6O/c28-21(25-19-8-7-17-5-1-2-6-18(17)19)24-11-4-12-26-13-15-27(16-14-26)20-22-9-3-10-23-20/h1-3,5-6,9-10,19H,4,7-8,11-16H2,(H2,24,25,28). The van der Waals surface area contributed by atoms with Gasteiger partial charge < -0.3 is 15.5 Å². The number of hydrogen-bond acceptors (Lipinski definition) is 5. The van der Waals surface area contributed by atoms with E-state index in [0.717, 1.165) is 57.9 Å². The van der Waals surface area contributed by atoms with Crippen LogP contribution in [0, 0.1) is 0 Å². The van der Waals surface area contributed by atoms with Crippen molar-refractivity contribution in [2.24, 2.45) is 0 Å². The number of amides is 2. The number of aryl methyl sites for hydroxylation is 1. The molecule has 1 aliphatic carbocycles. The fourth-order valence-corrected chi connectivity index (χ4v) is 4.05. The maximum Gasteiger partial charge on any atom is 0.315 e. The average Bonchev–Trinajstić information content (AvgIpc) is 3.15. The summed E-state index contributed by atoms with van der Waals surface area (Å²) in [6, 6.07) is 10.3. The van der Waals surface area contributed by atoms with E-state index < -0.39 is 0 Å². The van der Waals surface area contributed by atoms with E-state index in [1.54, 1.807) is 12.4 Å². The summed E-state index contributed by atoms with van der Waals surface area (Å²) in [6.45, 7) is 5.59. The molecule has 2 aromatic rings. The van der Waals surface area contributed by atoms with Crippen LogP contribution in [-0.4, -0.2) is 60.2 Å². The van der Waals surface area contributed by atoms with E-state index in [0.29, 0.717) is 6.54 Å². The lowest BCUT2D eigenvalue weighted by molar-refractivity contribution is 0.232. The molecule has 2 heterocycles. The molecule has 2 aliphatic rings. The Morgan fingerprint density at radius 2 is 1.86 bits per heavy atom. The summed E-state index contributed by atoms with van der Waals surface area (Å²) in [7, 11) is 0. The van der Waals surface area contributed by atoms with Crippen molar-refractivity contribution in [1.29, 1.82) is 0 Å². The lowest BCUT2D eigenvalue weighted by Gasteiger charge is -2.34. The van der Waals surface area contributed by atoms with Gasteiger partial charge in [-0.15, -0.1) is 0 Å². The molecule has 2 N–H and O–H groups in total. The largest absolute Gasteiger partial charge is 0.338 e. The van der Waals surface area contributed by atoms with Crippen LogP contribution in [0.4, 0.5) is 10.7 Å². The van der Waals surface area contributed by atoms with Crippen LogP contribution in [0.2, 0.25) is 0 Å². The van der Waals surface area contributed by atoms with Gasteiger partial charge in [-0.2, -0.15) is 0 Å². The summed E-state index contributed by atoms with van der Waals surface area (Å²) in [5, 5.41) is 6.12. The minimum atomic E-state index is -0.0623. The lowest BCUT2D eigenvalue weighted by atomic mass is 10.1. The fraction of sp³-hybridized carbons (Fsp3) is 0.476. The van der Waals surface area contributed by atoms with E-state index in [1.165, 1.54) is 11.1 Å². The predicted molar refractivity (Wildman–Crippen MR) is 109 cm³/mol. The van der Waals surface area contributed by atoms with Gasteiger partial charge >= 0.3 is 6.03 Å². The van der Waals surface area contributed by atoms with Gasteiger partial charge in [0.2, 0.25) is 5.95 Å². The van der Waals surface area contributed by atoms with E-state index in [4.69, 9.17) is 0 Å². The first-order valence-corrected chi connectivity index (χ1v) is 10.2. The highest BCUT2D eigenvalue weighted by Gasteiger charge is 2.23. The highest BCUT2D eigenvalue weighted by Crippen LogP contribution is 2.30. The van der Waals surface area contributed by atoms with Crippen molar-refractivity contribution in [2.75, 3.05) is 44.2 Å². The molecular formula is C21H28N6O. The molecule has 7 nitrogen and oxygen atoms in total. The molecule has 1 aromatic carbocycles. The van der Waals surface area contributed by atoms with Gasteiger partial charge in [-0.05, 0) is 43.0 Å². The minimum absolute atomic E-state index is 0.0623. The molecule has 2 amide bonds. The molecule has 0 saturated carbocycles. The Bertz CT molecular complexity index is 775. The molecule has 148 valence electrons. The zero-order chi connectivity index (χ0) is 19.2. The predicted octanol–water partition coefficient (Wildman–Crippen LogP) is 1.98. The van der Waals surface area contributed by atoms with E-state index in [2.05, 4.69) is 48.6 Å². The SMILES string of the molecule is O=C(NCCCN1CCN(c2ncccn2)CC1)NC1CCc2ccccc21. The number of rotatable bonds is 6. The molecule has 7 heteroatoms. The van der Waals surface area contributed by atoms with Gasteiger partial charge in [0.1, 0.15) is 0 Å². The van der Waals surface area contributed by atoms with Crippen molar-refractivity contribution >= 4 is 12.0 Å². The van der Waals surface area contributed by atoms with Gasteiger partial charge in [-0.1, -0.05) is 24.3 Å². The molecule has 1 saturated heterocycles. The Kier molecular flexibility index (Phi) is 6.01. The first-order valence-electron chi connectivity index (χ1n) is 10.2. The summed E-state index contributed by atoms with van der Waals surface area (Å²) in [5.74, 6) is 0.814. The van der Waals surface area contributed by atoms with Crippen molar-refractivity contribution in [2.45, 2.75) is 25.3 Å². The quantitative estimate of drug-likeness (QED) is 0.750. The average molecular weight is 380 g/mol. The minimum Gasteiger partial charge on any atom is -0.338 e. The molecular weight excluding hydrogens is 352 g/mol. The Labute approximate surface area is 166 Å². The Balaban J connectivity index is 1.12. The van der Waals surface area contributed by atoms with Crippen LogP contribution in [-0.2, 0) is 6.42 Å². The maximum atomic E-state index is 12.2. The summed E-state index contributed by atoms with van der Waals surface area (Å²) < 4.78 is 0. The molecule has 4 rings (SSSR count). The summed E-state index contributed by atoms with van der Waals surface area (Å²) >= 11 is 0. The number of anilines is 1. The third-order valence-electron chi connectivity index (χ3n) is 5.58. The van der Waals surface area contributed by atoms with E-state index in [9.17, 15) is 4.79 Å². The highest BCUT2D eigenvalue weighted by atomic mass is 16.2. The van der Waals surface area contributed by atoms with Crippen LogP contribution >= 0.6 is 0 Å². The molecule has 1 aliphatic heterocycles. The number of urea groups is 1. The van der Waals surface area contributed by atoms with Gasteiger partial charge in [0, 0.05) is 45.1 Å². The van der Waals surface area contributed by atoms with Crippen molar-refractivity contribution < 1.29 is 4.79 Å². The number of fused-ring (bicyclic) bond motifs is 1. The Hall–Kier alpha value is -2.67. The van der Waals surface area contributed by atoms with Crippen LogP contribution in [0.3, 0.4) is 0 Å². The topological polar surface area (TPSA) is 73.4 Å². The summed E-state index contributed by atoms with van der Waals surface area (Å²) in [5.41, 5.74) is 2.62.